The van der Waals surface area contributed by atoms with Gasteiger partial charge >= 0.3 is 5.82 Å². The smallest absolute Gasteiger partial charge is 0.406 e. The van der Waals surface area contributed by atoms with E-state index in [0.29, 0.717) is 17.1 Å². The third kappa shape index (κ3) is 3.26. The molecule has 0 fully saturated rings. The van der Waals surface area contributed by atoms with Gasteiger partial charge in [-0.3, -0.25) is 14.5 Å². The Hall–Kier alpha value is -3.49. The Balaban J connectivity index is 1.95. The highest BCUT2D eigenvalue weighted by atomic mass is 16.6. The summed E-state index contributed by atoms with van der Waals surface area (Å²) in [5, 5.41) is 14.0. The van der Waals surface area contributed by atoms with Crippen LogP contribution in [0, 0.1) is 17.0 Å². The van der Waals surface area contributed by atoms with Crippen LogP contribution in [0.1, 0.15) is 26.5 Å². The molecular formula is C19H20N4O5. The summed E-state index contributed by atoms with van der Waals surface area (Å²) < 4.78 is 5.59. The fourth-order valence-electron chi connectivity index (χ4n) is 3.02. The van der Waals surface area contributed by atoms with Gasteiger partial charge in [-0.15, -0.1) is 0 Å². The second-order valence-electron chi connectivity index (χ2n) is 7.00. The number of nitro groups is 1. The van der Waals surface area contributed by atoms with E-state index in [2.05, 4.69) is 10.3 Å². The Morgan fingerprint density at radius 2 is 1.96 bits per heavy atom. The van der Waals surface area contributed by atoms with Gasteiger partial charge in [0, 0.05) is 6.92 Å². The molecule has 1 N–H and O–H groups in total. The molecule has 9 nitrogen and oxygen atoms in total. The summed E-state index contributed by atoms with van der Waals surface area (Å²) >= 11 is 0. The van der Waals surface area contributed by atoms with Crippen molar-refractivity contribution in [3.05, 3.63) is 52.2 Å². The van der Waals surface area contributed by atoms with Gasteiger partial charge < -0.3 is 20.2 Å². The molecule has 1 aromatic heterocycles. The zero-order chi connectivity index (χ0) is 20.6. The van der Waals surface area contributed by atoms with Crippen LogP contribution in [0.5, 0.6) is 5.75 Å². The third-order valence-electron chi connectivity index (χ3n) is 4.53. The summed E-state index contributed by atoms with van der Waals surface area (Å²) in [4.78, 5) is 41.5. The summed E-state index contributed by atoms with van der Waals surface area (Å²) in [6.45, 7) is 6.35. The van der Waals surface area contributed by atoms with Gasteiger partial charge in [-0.25, -0.2) is 0 Å². The molecule has 0 bridgehead atoms. The van der Waals surface area contributed by atoms with E-state index in [1.54, 1.807) is 51.1 Å². The summed E-state index contributed by atoms with van der Waals surface area (Å²) in [6, 6.07) is 9.90. The first kappa shape index (κ1) is 19.3. The number of hydrogen-bond donors (Lipinski definition) is 1. The van der Waals surface area contributed by atoms with E-state index in [1.807, 2.05) is 0 Å². The number of carbonyl (C=O) groups excluding carboxylic acids is 2. The highest BCUT2D eigenvalue weighted by Crippen LogP contribution is 2.37. The van der Waals surface area contributed by atoms with Crippen LogP contribution in [0.25, 0.3) is 0 Å². The summed E-state index contributed by atoms with van der Waals surface area (Å²) in [7, 11) is 0. The SMILES string of the molecule is Cc1ccc(O[C@@H](C)C(=O)N2c3ccccc3NC(=O)C2(C)C)c([N+](=O)[O-])n1. The molecule has 3 rings (SSSR count). The lowest BCUT2D eigenvalue weighted by molar-refractivity contribution is -0.390. The van der Waals surface area contributed by atoms with Crippen LogP contribution < -0.4 is 15.0 Å². The van der Waals surface area contributed by atoms with Gasteiger partial charge in [-0.1, -0.05) is 12.1 Å². The lowest BCUT2D eigenvalue weighted by Crippen LogP contribution is -2.60. The van der Waals surface area contributed by atoms with E-state index in [0.717, 1.165) is 0 Å². The van der Waals surface area contributed by atoms with Gasteiger partial charge in [0.1, 0.15) is 11.2 Å². The van der Waals surface area contributed by atoms with Crippen LogP contribution in [0.2, 0.25) is 0 Å². The van der Waals surface area contributed by atoms with Crippen LogP contribution in [0.4, 0.5) is 17.2 Å². The number of aromatic nitrogens is 1. The van der Waals surface area contributed by atoms with E-state index < -0.39 is 28.3 Å². The maximum absolute atomic E-state index is 13.2. The molecular weight excluding hydrogens is 364 g/mol. The van der Waals surface area contributed by atoms with Crippen molar-refractivity contribution >= 4 is 29.0 Å². The Kier molecular flexibility index (Phi) is 4.76. The van der Waals surface area contributed by atoms with E-state index >= 15 is 0 Å². The van der Waals surface area contributed by atoms with E-state index in [-0.39, 0.29) is 11.7 Å². The zero-order valence-corrected chi connectivity index (χ0v) is 15.9. The quantitative estimate of drug-likeness (QED) is 0.640. The summed E-state index contributed by atoms with van der Waals surface area (Å²) in [6.07, 6.45) is -1.08. The minimum atomic E-state index is -1.17. The number of fused-ring (bicyclic) bond motifs is 1. The molecule has 1 atom stereocenters. The van der Waals surface area contributed by atoms with E-state index in [9.17, 15) is 19.7 Å². The fraction of sp³-hybridized carbons (Fsp3) is 0.316. The molecule has 1 aliphatic rings. The minimum Gasteiger partial charge on any atom is -0.473 e. The molecule has 0 spiro atoms. The van der Waals surface area contributed by atoms with Crippen LogP contribution in [-0.4, -0.2) is 33.4 Å². The number of benzene rings is 1. The maximum atomic E-state index is 13.2. The molecule has 0 unspecified atom stereocenters. The van der Waals surface area contributed by atoms with Crippen molar-refractivity contribution < 1.29 is 19.2 Å². The number of nitrogens with one attached hydrogen (secondary N) is 1. The topological polar surface area (TPSA) is 115 Å². The zero-order valence-electron chi connectivity index (χ0n) is 15.9. The van der Waals surface area contributed by atoms with Gasteiger partial charge in [0.2, 0.25) is 11.7 Å². The van der Waals surface area contributed by atoms with Gasteiger partial charge in [0.15, 0.2) is 6.10 Å². The number of hydrogen-bond acceptors (Lipinski definition) is 6. The molecule has 9 heteroatoms. The molecule has 2 heterocycles. The standard InChI is InChI=1S/C19H20N4O5/c1-11-9-10-15(16(20-11)23(26)27)28-12(2)17(24)22-14-8-6-5-7-13(14)21-18(25)19(22,3)4/h5-10,12H,1-4H3,(H,21,25)/t12-/m0/s1. The molecule has 1 aromatic carbocycles. The molecule has 2 aromatic rings. The predicted molar refractivity (Wildman–Crippen MR) is 102 cm³/mol. The number of para-hydroxylation sites is 2. The van der Waals surface area contributed by atoms with Gasteiger partial charge in [-0.05, 0) is 54.9 Å². The van der Waals surface area contributed by atoms with Crippen molar-refractivity contribution in [3.8, 4) is 5.75 Å². The van der Waals surface area contributed by atoms with Crippen molar-refractivity contribution in [2.45, 2.75) is 39.3 Å². The Labute approximate surface area is 161 Å². The molecule has 0 aliphatic carbocycles. The molecule has 0 radical (unpaired) electrons. The van der Waals surface area contributed by atoms with Crippen molar-refractivity contribution in [3.63, 3.8) is 0 Å². The second kappa shape index (κ2) is 6.91. The lowest BCUT2D eigenvalue weighted by Gasteiger charge is -2.42. The number of nitrogens with zero attached hydrogens (tertiary/aromatic N) is 3. The van der Waals surface area contributed by atoms with E-state index in [1.165, 1.54) is 17.9 Å². The highest BCUT2D eigenvalue weighted by molar-refractivity contribution is 6.14. The number of carbonyl (C=O) groups is 2. The highest BCUT2D eigenvalue weighted by Gasteiger charge is 2.45. The van der Waals surface area contributed by atoms with Crippen molar-refractivity contribution in [1.82, 2.24) is 4.98 Å². The maximum Gasteiger partial charge on any atom is 0.406 e. The number of aryl methyl sites for hydroxylation is 1. The Bertz CT molecular complexity index is 973. The van der Waals surface area contributed by atoms with Crippen LogP contribution in [-0.2, 0) is 9.59 Å². The average Bonchev–Trinajstić information content (AvgIpc) is 2.63. The third-order valence-corrected chi connectivity index (χ3v) is 4.53. The number of ether oxygens (including phenoxy) is 1. The van der Waals surface area contributed by atoms with Crippen molar-refractivity contribution in [1.29, 1.82) is 0 Å². The molecule has 146 valence electrons. The summed E-state index contributed by atoms with van der Waals surface area (Å²) in [5.41, 5.74) is 0.334. The van der Waals surface area contributed by atoms with Crippen molar-refractivity contribution in [2.75, 3.05) is 10.2 Å². The average molecular weight is 384 g/mol. The first-order chi connectivity index (χ1) is 13.1. The first-order valence-electron chi connectivity index (χ1n) is 8.66. The first-order valence-corrected chi connectivity index (χ1v) is 8.66. The Morgan fingerprint density at radius 3 is 2.64 bits per heavy atom. The molecule has 0 saturated carbocycles. The van der Waals surface area contributed by atoms with Gasteiger partial charge in [-0.2, -0.15) is 0 Å². The molecule has 0 saturated heterocycles. The number of rotatable bonds is 4. The molecule has 28 heavy (non-hydrogen) atoms. The van der Waals surface area contributed by atoms with Gasteiger partial charge in [0.25, 0.3) is 5.91 Å². The van der Waals surface area contributed by atoms with E-state index in [4.69, 9.17) is 4.74 Å². The molecule has 2 amide bonds. The van der Waals surface area contributed by atoms with Crippen LogP contribution in [0.3, 0.4) is 0 Å². The number of pyridine rings is 1. The lowest BCUT2D eigenvalue weighted by atomic mass is 9.95. The second-order valence-corrected chi connectivity index (χ2v) is 7.00. The van der Waals surface area contributed by atoms with Crippen molar-refractivity contribution in [2.24, 2.45) is 0 Å². The number of amides is 2. The normalized spacial score (nSPS) is 16.0. The fourth-order valence-corrected chi connectivity index (χ4v) is 3.02. The minimum absolute atomic E-state index is 0.107. The van der Waals surface area contributed by atoms with Gasteiger partial charge in [0.05, 0.1) is 11.4 Å². The Morgan fingerprint density at radius 1 is 1.29 bits per heavy atom. The van der Waals surface area contributed by atoms with Crippen LogP contribution >= 0.6 is 0 Å². The monoisotopic (exact) mass is 384 g/mol. The molecule has 1 aliphatic heterocycles. The number of anilines is 2. The summed E-state index contributed by atoms with van der Waals surface area (Å²) in [5.74, 6) is -1.41. The van der Waals surface area contributed by atoms with Crippen LogP contribution in [0.15, 0.2) is 36.4 Å². The largest absolute Gasteiger partial charge is 0.473 e. The predicted octanol–water partition coefficient (Wildman–Crippen LogP) is 2.83.